The molecular formula is C15H21FN2O2. The molecule has 0 radical (unpaired) electrons. The topological polar surface area (TPSA) is 36.3 Å². The zero-order valence-electron chi connectivity index (χ0n) is 12.4. The minimum atomic E-state index is -0.274. The first-order valence-electron chi connectivity index (χ1n) is 6.64. The lowest BCUT2D eigenvalue weighted by Crippen LogP contribution is -2.09. The molecule has 5 heteroatoms. The smallest absolute Gasteiger partial charge is 0.219 e. The molecule has 2 aromatic rings. The van der Waals surface area contributed by atoms with E-state index in [2.05, 4.69) is 5.10 Å². The van der Waals surface area contributed by atoms with Crippen molar-refractivity contribution in [1.29, 1.82) is 0 Å². The molecular weight excluding hydrogens is 259 g/mol. The van der Waals surface area contributed by atoms with Gasteiger partial charge in [0.1, 0.15) is 12.4 Å². The van der Waals surface area contributed by atoms with Crippen LogP contribution in [0, 0.1) is 12.7 Å². The first-order chi connectivity index (χ1) is 9.72. The van der Waals surface area contributed by atoms with Crippen LogP contribution in [0.3, 0.4) is 0 Å². The maximum atomic E-state index is 12.9. The Balaban J connectivity index is 0.000000956. The Labute approximate surface area is 119 Å². The van der Waals surface area contributed by atoms with Crippen molar-refractivity contribution >= 4 is 0 Å². The van der Waals surface area contributed by atoms with Crippen molar-refractivity contribution in [2.45, 2.75) is 20.8 Å². The molecule has 0 amide bonds. The maximum absolute atomic E-state index is 12.9. The zero-order valence-corrected chi connectivity index (χ0v) is 12.4. The molecule has 0 atom stereocenters. The van der Waals surface area contributed by atoms with E-state index in [-0.39, 0.29) is 5.82 Å². The van der Waals surface area contributed by atoms with Crippen LogP contribution in [0.1, 0.15) is 19.4 Å². The molecule has 0 aliphatic carbocycles. The van der Waals surface area contributed by atoms with Gasteiger partial charge in [-0.3, -0.25) is 0 Å². The second-order valence-electron chi connectivity index (χ2n) is 3.86. The van der Waals surface area contributed by atoms with Crippen molar-refractivity contribution in [1.82, 2.24) is 9.78 Å². The Morgan fingerprint density at radius 1 is 1.15 bits per heavy atom. The monoisotopic (exact) mass is 280 g/mol. The largest absolute Gasteiger partial charge is 0.475 e. The van der Waals surface area contributed by atoms with Crippen LogP contribution in [0.5, 0.6) is 5.88 Å². The van der Waals surface area contributed by atoms with Gasteiger partial charge in [-0.2, -0.15) is 5.10 Å². The van der Waals surface area contributed by atoms with E-state index in [1.54, 1.807) is 30.1 Å². The molecule has 20 heavy (non-hydrogen) atoms. The van der Waals surface area contributed by atoms with Gasteiger partial charge in [-0.25, -0.2) is 9.07 Å². The molecule has 0 fully saturated rings. The molecule has 0 bridgehead atoms. The van der Waals surface area contributed by atoms with E-state index in [4.69, 9.17) is 9.47 Å². The predicted octanol–water partition coefficient (Wildman–Crippen LogP) is 3.37. The van der Waals surface area contributed by atoms with Crippen LogP contribution in [0.2, 0.25) is 0 Å². The summed E-state index contributed by atoms with van der Waals surface area (Å²) < 4.78 is 25.1. The molecule has 1 heterocycles. The van der Waals surface area contributed by atoms with Crippen molar-refractivity contribution in [3.63, 3.8) is 0 Å². The lowest BCUT2D eigenvalue weighted by atomic mass is 10.3. The van der Waals surface area contributed by atoms with Gasteiger partial charge in [0.05, 0.1) is 18.5 Å². The van der Waals surface area contributed by atoms with Crippen LogP contribution in [0.4, 0.5) is 4.39 Å². The second kappa shape index (κ2) is 8.32. The SMILES string of the molecule is CC.COCCOc1c(C)cnn1-c1ccc(F)cc1. The zero-order chi connectivity index (χ0) is 15.0. The summed E-state index contributed by atoms with van der Waals surface area (Å²) in [6.45, 7) is 6.87. The highest BCUT2D eigenvalue weighted by molar-refractivity contribution is 5.37. The Kier molecular flexibility index (Phi) is 6.73. The van der Waals surface area contributed by atoms with Gasteiger partial charge in [0.15, 0.2) is 0 Å². The number of methoxy groups -OCH3 is 1. The lowest BCUT2D eigenvalue weighted by Gasteiger charge is -2.10. The van der Waals surface area contributed by atoms with E-state index in [0.717, 1.165) is 11.3 Å². The molecule has 0 unspecified atom stereocenters. The summed E-state index contributed by atoms with van der Waals surface area (Å²) in [5, 5.41) is 4.22. The lowest BCUT2D eigenvalue weighted by molar-refractivity contribution is 0.141. The van der Waals surface area contributed by atoms with Crippen LogP contribution in [0.15, 0.2) is 30.5 Å². The Morgan fingerprint density at radius 2 is 1.80 bits per heavy atom. The van der Waals surface area contributed by atoms with E-state index in [1.165, 1.54) is 12.1 Å². The minimum Gasteiger partial charge on any atom is -0.475 e. The first-order valence-corrected chi connectivity index (χ1v) is 6.64. The first kappa shape index (κ1) is 16.2. The van der Waals surface area contributed by atoms with Crippen LogP contribution in [0.25, 0.3) is 5.69 Å². The van der Waals surface area contributed by atoms with Crippen molar-refractivity contribution in [2.24, 2.45) is 0 Å². The van der Waals surface area contributed by atoms with Gasteiger partial charge in [0, 0.05) is 12.7 Å². The van der Waals surface area contributed by atoms with E-state index in [0.29, 0.717) is 19.1 Å². The Hall–Kier alpha value is -1.88. The molecule has 1 aromatic carbocycles. The maximum Gasteiger partial charge on any atom is 0.219 e. The van der Waals surface area contributed by atoms with Gasteiger partial charge in [-0.1, -0.05) is 13.8 Å². The highest BCUT2D eigenvalue weighted by atomic mass is 19.1. The molecule has 2 rings (SSSR count). The second-order valence-corrected chi connectivity index (χ2v) is 3.86. The van der Waals surface area contributed by atoms with Crippen LogP contribution in [-0.2, 0) is 4.74 Å². The molecule has 0 saturated heterocycles. The third-order valence-corrected chi connectivity index (χ3v) is 2.49. The van der Waals surface area contributed by atoms with Gasteiger partial charge < -0.3 is 9.47 Å². The molecule has 0 saturated carbocycles. The van der Waals surface area contributed by atoms with Crippen molar-refractivity contribution in [3.8, 4) is 11.6 Å². The van der Waals surface area contributed by atoms with E-state index >= 15 is 0 Å². The average Bonchev–Trinajstić information content (AvgIpc) is 2.84. The van der Waals surface area contributed by atoms with Crippen LogP contribution < -0.4 is 4.74 Å². The van der Waals surface area contributed by atoms with E-state index in [9.17, 15) is 4.39 Å². The number of hydrogen-bond acceptors (Lipinski definition) is 3. The summed E-state index contributed by atoms with van der Waals surface area (Å²) >= 11 is 0. The number of nitrogens with zero attached hydrogens (tertiary/aromatic N) is 2. The van der Waals surface area contributed by atoms with Crippen LogP contribution >= 0.6 is 0 Å². The number of halogens is 1. The summed E-state index contributed by atoms with van der Waals surface area (Å²) in [6, 6.07) is 6.10. The van der Waals surface area contributed by atoms with Gasteiger partial charge in [-0.15, -0.1) is 0 Å². The fourth-order valence-corrected chi connectivity index (χ4v) is 1.58. The number of hydrogen-bond donors (Lipinski definition) is 0. The minimum absolute atomic E-state index is 0.274. The average molecular weight is 280 g/mol. The highest BCUT2D eigenvalue weighted by Gasteiger charge is 2.10. The normalized spacial score (nSPS) is 9.85. The fourth-order valence-electron chi connectivity index (χ4n) is 1.58. The molecule has 1 aromatic heterocycles. The van der Waals surface area contributed by atoms with Crippen molar-refractivity contribution in [2.75, 3.05) is 20.3 Å². The summed E-state index contributed by atoms with van der Waals surface area (Å²) in [4.78, 5) is 0. The Morgan fingerprint density at radius 3 is 2.40 bits per heavy atom. The van der Waals surface area contributed by atoms with Gasteiger partial charge in [0.2, 0.25) is 5.88 Å². The fraction of sp³-hybridized carbons (Fsp3) is 0.400. The molecule has 0 N–H and O–H groups in total. The van der Waals surface area contributed by atoms with Crippen molar-refractivity contribution in [3.05, 3.63) is 41.8 Å². The third-order valence-electron chi connectivity index (χ3n) is 2.49. The molecule has 0 aliphatic heterocycles. The standard InChI is InChI=1S/C13H15FN2O2.C2H6/c1-10-9-15-16(13(10)18-8-7-17-2)12-5-3-11(14)4-6-12;1-2/h3-6,9H,7-8H2,1-2H3;1-2H3. The number of aromatic nitrogens is 2. The number of aryl methyl sites for hydroxylation is 1. The van der Waals surface area contributed by atoms with Crippen molar-refractivity contribution < 1.29 is 13.9 Å². The number of benzene rings is 1. The number of ether oxygens (including phenoxy) is 2. The van der Waals surface area contributed by atoms with E-state index < -0.39 is 0 Å². The summed E-state index contributed by atoms with van der Waals surface area (Å²) in [6.07, 6.45) is 1.71. The summed E-state index contributed by atoms with van der Waals surface area (Å²) in [5.41, 5.74) is 1.69. The summed E-state index contributed by atoms with van der Waals surface area (Å²) in [5.74, 6) is 0.378. The molecule has 0 aliphatic rings. The Bertz CT molecular complexity index is 509. The van der Waals surface area contributed by atoms with Gasteiger partial charge in [-0.05, 0) is 31.2 Å². The van der Waals surface area contributed by atoms with E-state index in [1.807, 2.05) is 20.8 Å². The molecule has 0 spiro atoms. The third kappa shape index (κ3) is 4.06. The predicted molar refractivity (Wildman–Crippen MR) is 77.0 cm³/mol. The summed E-state index contributed by atoms with van der Waals surface area (Å²) in [7, 11) is 1.62. The quantitative estimate of drug-likeness (QED) is 0.788. The van der Waals surface area contributed by atoms with Gasteiger partial charge >= 0.3 is 0 Å². The number of rotatable bonds is 5. The molecule has 110 valence electrons. The molecule has 4 nitrogen and oxygen atoms in total. The van der Waals surface area contributed by atoms with Gasteiger partial charge in [0.25, 0.3) is 0 Å². The van der Waals surface area contributed by atoms with Crippen LogP contribution in [-0.4, -0.2) is 30.1 Å². The highest BCUT2D eigenvalue weighted by Crippen LogP contribution is 2.21.